The Morgan fingerprint density at radius 3 is 2.83 bits per heavy atom. The minimum absolute atomic E-state index is 0.185. The molecule has 0 amide bonds. The van der Waals surface area contributed by atoms with Crippen molar-refractivity contribution in [2.45, 2.75) is 38.9 Å². The zero-order chi connectivity index (χ0) is 13.1. The molecule has 0 spiro atoms. The van der Waals surface area contributed by atoms with Gasteiger partial charge in [0, 0.05) is 13.1 Å². The maximum absolute atomic E-state index is 9.72. The van der Waals surface area contributed by atoms with Crippen molar-refractivity contribution in [3.63, 3.8) is 0 Å². The molecular formula is C14H22N2O2. The van der Waals surface area contributed by atoms with Gasteiger partial charge >= 0.3 is 0 Å². The Bertz CT molecular complexity index is 380. The van der Waals surface area contributed by atoms with Crippen LogP contribution in [0.3, 0.4) is 0 Å². The van der Waals surface area contributed by atoms with Crippen molar-refractivity contribution in [3.8, 4) is 0 Å². The van der Waals surface area contributed by atoms with Crippen molar-refractivity contribution >= 4 is 5.69 Å². The van der Waals surface area contributed by atoms with Gasteiger partial charge in [0.1, 0.15) is 0 Å². The van der Waals surface area contributed by atoms with Gasteiger partial charge in [-0.15, -0.1) is 0 Å². The highest BCUT2D eigenvalue weighted by Crippen LogP contribution is 2.24. The average molecular weight is 250 g/mol. The predicted molar refractivity (Wildman–Crippen MR) is 71.5 cm³/mol. The van der Waals surface area contributed by atoms with Gasteiger partial charge in [-0.3, -0.25) is 4.98 Å². The third kappa shape index (κ3) is 2.82. The van der Waals surface area contributed by atoms with Crippen molar-refractivity contribution < 1.29 is 10.2 Å². The molecule has 0 bridgehead atoms. The second-order valence-corrected chi connectivity index (χ2v) is 5.14. The highest BCUT2D eigenvalue weighted by Gasteiger charge is 2.24. The van der Waals surface area contributed by atoms with E-state index in [1.165, 1.54) is 0 Å². The normalized spacial score (nSPS) is 26.1. The summed E-state index contributed by atoms with van der Waals surface area (Å²) < 4.78 is 0. The highest BCUT2D eigenvalue weighted by atomic mass is 16.3. The lowest BCUT2D eigenvalue weighted by atomic mass is 9.96. The van der Waals surface area contributed by atoms with Crippen LogP contribution in [0.5, 0.6) is 0 Å². The lowest BCUT2D eigenvalue weighted by Gasteiger charge is -2.35. The predicted octanol–water partition coefficient (Wildman–Crippen LogP) is 1.73. The third-order valence-corrected chi connectivity index (χ3v) is 3.72. The Morgan fingerprint density at radius 2 is 2.28 bits per heavy atom. The van der Waals surface area contributed by atoms with Gasteiger partial charge in [0.05, 0.1) is 29.8 Å². The molecule has 1 aromatic rings. The summed E-state index contributed by atoms with van der Waals surface area (Å²) in [6.07, 6.45) is 2.65. The highest BCUT2D eigenvalue weighted by molar-refractivity contribution is 5.45. The van der Waals surface area contributed by atoms with Gasteiger partial charge < -0.3 is 15.1 Å². The molecule has 1 saturated heterocycles. The molecule has 2 heterocycles. The van der Waals surface area contributed by atoms with Crippen LogP contribution in [0.25, 0.3) is 0 Å². The van der Waals surface area contributed by atoms with Gasteiger partial charge in [-0.2, -0.15) is 0 Å². The quantitative estimate of drug-likeness (QED) is 0.858. The van der Waals surface area contributed by atoms with E-state index in [1.54, 1.807) is 0 Å². The SMILES string of the molecule is CCC(O)c1ccc(N2CCC(O)C(C)C2)cn1. The molecular weight excluding hydrogens is 228 g/mol. The van der Waals surface area contributed by atoms with Crippen molar-refractivity contribution in [2.75, 3.05) is 18.0 Å². The fourth-order valence-electron chi connectivity index (χ4n) is 2.36. The first-order valence-electron chi connectivity index (χ1n) is 6.68. The summed E-state index contributed by atoms with van der Waals surface area (Å²) in [5, 5.41) is 19.4. The first kappa shape index (κ1) is 13.3. The second kappa shape index (κ2) is 5.67. The number of aliphatic hydroxyl groups excluding tert-OH is 2. The van der Waals surface area contributed by atoms with Gasteiger partial charge in [0.2, 0.25) is 0 Å². The molecule has 4 heteroatoms. The van der Waals surface area contributed by atoms with Crippen molar-refractivity contribution in [2.24, 2.45) is 5.92 Å². The van der Waals surface area contributed by atoms with Crippen LogP contribution in [0.1, 0.15) is 38.5 Å². The second-order valence-electron chi connectivity index (χ2n) is 5.14. The monoisotopic (exact) mass is 250 g/mol. The lowest BCUT2D eigenvalue weighted by Crippen LogP contribution is -2.42. The molecule has 0 radical (unpaired) electrons. The Morgan fingerprint density at radius 1 is 1.50 bits per heavy atom. The maximum Gasteiger partial charge on any atom is 0.0957 e. The molecule has 2 rings (SSSR count). The van der Waals surface area contributed by atoms with Crippen LogP contribution in [0, 0.1) is 5.92 Å². The van der Waals surface area contributed by atoms with Crippen molar-refractivity contribution in [1.29, 1.82) is 0 Å². The van der Waals surface area contributed by atoms with Crippen LogP contribution in [0.15, 0.2) is 18.3 Å². The van der Waals surface area contributed by atoms with Crippen LogP contribution < -0.4 is 4.90 Å². The molecule has 2 N–H and O–H groups in total. The fourth-order valence-corrected chi connectivity index (χ4v) is 2.36. The van der Waals surface area contributed by atoms with E-state index < -0.39 is 6.10 Å². The Hall–Kier alpha value is -1.13. The Kier molecular flexibility index (Phi) is 4.19. The topological polar surface area (TPSA) is 56.6 Å². The zero-order valence-corrected chi connectivity index (χ0v) is 11.1. The number of anilines is 1. The number of aromatic nitrogens is 1. The summed E-state index contributed by atoms with van der Waals surface area (Å²) in [7, 11) is 0. The number of pyridine rings is 1. The van der Waals surface area contributed by atoms with E-state index in [9.17, 15) is 10.2 Å². The molecule has 3 unspecified atom stereocenters. The summed E-state index contributed by atoms with van der Waals surface area (Å²) in [6.45, 7) is 5.73. The molecule has 0 aromatic carbocycles. The fraction of sp³-hybridized carbons (Fsp3) is 0.643. The van der Waals surface area contributed by atoms with E-state index in [2.05, 4.69) is 16.8 Å². The van der Waals surface area contributed by atoms with Gasteiger partial charge in [0.15, 0.2) is 0 Å². The van der Waals surface area contributed by atoms with Gasteiger partial charge in [-0.25, -0.2) is 0 Å². The zero-order valence-electron chi connectivity index (χ0n) is 11.1. The summed E-state index contributed by atoms with van der Waals surface area (Å²) in [5.41, 5.74) is 1.80. The summed E-state index contributed by atoms with van der Waals surface area (Å²) in [4.78, 5) is 6.56. The molecule has 0 saturated carbocycles. The number of nitrogens with zero attached hydrogens (tertiary/aromatic N) is 2. The Balaban J connectivity index is 2.06. The molecule has 1 aliphatic heterocycles. The molecule has 18 heavy (non-hydrogen) atoms. The van der Waals surface area contributed by atoms with Crippen LogP contribution in [0.2, 0.25) is 0 Å². The smallest absolute Gasteiger partial charge is 0.0957 e. The van der Waals surface area contributed by atoms with E-state index in [1.807, 2.05) is 25.3 Å². The van der Waals surface area contributed by atoms with Crippen molar-refractivity contribution in [1.82, 2.24) is 4.98 Å². The number of rotatable bonds is 3. The summed E-state index contributed by atoms with van der Waals surface area (Å²) >= 11 is 0. The van der Waals surface area contributed by atoms with E-state index in [4.69, 9.17) is 0 Å². The summed E-state index contributed by atoms with van der Waals surface area (Å²) in [6, 6.07) is 3.89. The number of aliphatic hydroxyl groups is 2. The van der Waals surface area contributed by atoms with Gasteiger partial charge in [0.25, 0.3) is 0 Å². The molecule has 1 aromatic heterocycles. The molecule has 3 atom stereocenters. The lowest BCUT2D eigenvalue weighted by molar-refractivity contribution is 0.0971. The van der Waals surface area contributed by atoms with E-state index in [-0.39, 0.29) is 6.10 Å². The molecule has 100 valence electrons. The van der Waals surface area contributed by atoms with E-state index >= 15 is 0 Å². The average Bonchev–Trinajstić information content (AvgIpc) is 2.41. The van der Waals surface area contributed by atoms with E-state index in [0.29, 0.717) is 12.3 Å². The molecule has 1 fully saturated rings. The number of piperidine rings is 1. The molecule has 0 aliphatic carbocycles. The van der Waals surface area contributed by atoms with Crippen molar-refractivity contribution in [3.05, 3.63) is 24.0 Å². The summed E-state index contributed by atoms with van der Waals surface area (Å²) in [5.74, 6) is 0.291. The minimum atomic E-state index is -0.471. The molecule has 4 nitrogen and oxygen atoms in total. The third-order valence-electron chi connectivity index (χ3n) is 3.72. The Labute approximate surface area is 108 Å². The maximum atomic E-state index is 9.72. The molecule has 1 aliphatic rings. The van der Waals surface area contributed by atoms with Crippen LogP contribution in [-0.2, 0) is 0 Å². The number of hydrogen-bond acceptors (Lipinski definition) is 4. The largest absolute Gasteiger partial charge is 0.393 e. The van der Waals surface area contributed by atoms with Crippen LogP contribution in [-0.4, -0.2) is 34.4 Å². The number of hydrogen-bond donors (Lipinski definition) is 2. The van der Waals surface area contributed by atoms with E-state index in [0.717, 1.165) is 30.9 Å². The van der Waals surface area contributed by atoms with Crippen LogP contribution in [0.4, 0.5) is 5.69 Å². The first-order valence-corrected chi connectivity index (χ1v) is 6.68. The van der Waals surface area contributed by atoms with Gasteiger partial charge in [-0.05, 0) is 30.9 Å². The minimum Gasteiger partial charge on any atom is -0.393 e. The first-order chi connectivity index (χ1) is 8.61. The standard InChI is InChI=1S/C14H22N2O2/c1-3-13(17)12-5-4-11(8-15-12)16-7-6-14(18)10(2)9-16/h4-5,8,10,13-14,17-18H,3,6-7,9H2,1-2H3. The van der Waals surface area contributed by atoms with Crippen LogP contribution >= 0.6 is 0 Å². The van der Waals surface area contributed by atoms with Gasteiger partial charge in [-0.1, -0.05) is 13.8 Å².